The van der Waals surface area contributed by atoms with Gasteiger partial charge in [0.2, 0.25) is 11.8 Å². The first-order valence-corrected chi connectivity index (χ1v) is 9.00. The number of hydrogen-bond donors (Lipinski definition) is 0. The summed E-state index contributed by atoms with van der Waals surface area (Å²) in [5.41, 5.74) is 2.02. The number of carbonyl (C=O) groups is 2. The van der Waals surface area contributed by atoms with Gasteiger partial charge in [-0.1, -0.05) is 0 Å². The molecule has 0 saturated carbocycles. The largest absolute Gasteiger partial charge is 0.341 e. The molecular weight excluding hydrogens is 318 g/mol. The maximum atomic E-state index is 12.8. The number of fused-ring (bicyclic) bond motifs is 1. The fraction of sp³-hybridized carbons (Fsp3) is 0.556. The molecule has 0 spiro atoms. The zero-order valence-electron chi connectivity index (χ0n) is 14.5. The summed E-state index contributed by atoms with van der Waals surface area (Å²) in [6.45, 7) is 3.72. The van der Waals surface area contributed by atoms with Crippen LogP contribution in [-0.4, -0.2) is 61.9 Å². The number of piperidine rings is 1. The predicted octanol–water partition coefficient (Wildman–Crippen LogP) is 1.45. The Balaban J connectivity index is 1.44. The van der Waals surface area contributed by atoms with Crippen LogP contribution in [0.5, 0.6) is 0 Å². The Morgan fingerprint density at radius 1 is 1.08 bits per heavy atom. The first-order valence-electron chi connectivity index (χ1n) is 9.00. The van der Waals surface area contributed by atoms with E-state index in [0.29, 0.717) is 12.5 Å². The standard InChI is InChI=1S/C18H23N5O2/c1-13(24)22-10-2-3-16(22)18(25)21-11-6-14(7-12-21)15-4-8-19-17-5-9-20-23(15)17/h4-5,8-9,14,16H,2-3,6-7,10-12H2,1H3/t16-/m0/s1. The van der Waals surface area contributed by atoms with Crippen LogP contribution in [0.3, 0.4) is 0 Å². The Morgan fingerprint density at radius 2 is 1.88 bits per heavy atom. The van der Waals surface area contributed by atoms with Crippen LogP contribution < -0.4 is 0 Å². The second-order valence-corrected chi connectivity index (χ2v) is 6.94. The van der Waals surface area contributed by atoms with Gasteiger partial charge in [-0.15, -0.1) is 0 Å². The van der Waals surface area contributed by atoms with E-state index in [2.05, 4.69) is 10.1 Å². The minimum atomic E-state index is -0.257. The summed E-state index contributed by atoms with van der Waals surface area (Å²) in [6, 6.07) is 3.67. The molecule has 0 N–H and O–H groups in total. The first kappa shape index (κ1) is 16.1. The van der Waals surface area contributed by atoms with Crippen molar-refractivity contribution in [2.24, 2.45) is 0 Å². The van der Waals surface area contributed by atoms with Crippen LogP contribution in [0.4, 0.5) is 0 Å². The molecule has 0 bridgehead atoms. The van der Waals surface area contributed by atoms with E-state index in [4.69, 9.17) is 0 Å². The monoisotopic (exact) mass is 341 g/mol. The molecule has 4 heterocycles. The number of rotatable bonds is 2. The van der Waals surface area contributed by atoms with Gasteiger partial charge in [0.15, 0.2) is 5.65 Å². The molecule has 4 rings (SSSR count). The summed E-state index contributed by atoms with van der Waals surface area (Å²) in [6.07, 6.45) is 7.13. The van der Waals surface area contributed by atoms with Gasteiger partial charge in [-0.05, 0) is 31.7 Å². The number of nitrogens with zero attached hydrogens (tertiary/aromatic N) is 5. The lowest BCUT2D eigenvalue weighted by atomic mass is 9.92. The highest BCUT2D eigenvalue weighted by molar-refractivity contribution is 5.87. The highest BCUT2D eigenvalue weighted by atomic mass is 16.2. The molecule has 2 aliphatic rings. The summed E-state index contributed by atoms with van der Waals surface area (Å²) in [4.78, 5) is 32.5. The topological polar surface area (TPSA) is 70.8 Å². The Hall–Kier alpha value is -2.44. The van der Waals surface area contributed by atoms with Crippen LogP contribution >= 0.6 is 0 Å². The first-order chi connectivity index (χ1) is 12.1. The van der Waals surface area contributed by atoms with Gasteiger partial charge in [0.05, 0.1) is 6.20 Å². The van der Waals surface area contributed by atoms with Gasteiger partial charge >= 0.3 is 0 Å². The van der Waals surface area contributed by atoms with Crippen molar-refractivity contribution < 1.29 is 9.59 Å². The molecule has 0 aliphatic carbocycles. The summed E-state index contributed by atoms with van der Waals surface area (Å²) >= 11 is 0. The van der Waals surface area contributed by atoms with Gasteiger partial charge in [0, 0.05) is 50.4 Å². The third-order valence-electron chi connectivity index (χ3n) is 5.49. The van der Waals surface area contributed by atoms with Crippen LogP contribution in [0, 0.1) is 0 Å². The van der Waals surface area contributed by atoms with E-state index in [0.717, 1.165) is 50.1 Å². The van der Waals surface area contributed by atoms with Gasteiger partial charge in [-0.3, -0.25) is 9.59 Å². The lowest BCUT2D eigenvalue weighted by Crippen LogP contribution is -2.49. The number of likely N-dealkylation sites (tertiary alicyclic amines) is 2. The SMILES string of the molecule is CC(=O)N1CCC[C@H]1C(=O)N1CCC(c2ccnc3ccnn23)CC1. The average molecular weight is 341 g/mol. The minimum absolute atomic E-state index is 0.00333. The predicted molar refractivity (Wildman–Crippen MR) is 92.0 cm³/mol. The maximum Gasteiger partial charge on any atom is 0.245 e. The highest BCUT2D eigenvalue weighted by Gasteiger charge is 2.36. The molecule has 2 fully saturated rings. The molecular formula is C18H23N5O2. The second kappa shape index (κ2) is 6.46. The summed E-state index contributed by atoms with van der Waals surface area (Å²) in [7, 11) is 0. The quantitative estimate of drug-likeness (QED) is 0.829. The van der Waals surface area contributed by atoms with Crippen molar-refractivity contribution in [2.45, 2.75) is 44.6 Å². The van der Waals surface area contributed by atoms with Gasteiger partial charge < -0.3 is 9.80 Å². The minimum Gasteiger partial charge on any atom is -0.341 e. The van der Waals surface area contributed by atoms with E-state index >= 15 is 0 Å². The van der Waals surface area contributed by atoms with Crippen molar-refractivity contribution in [3.8, 4) is 0 Å². The number of aromatic nitrogens is 3. The maximum absolute atomic E-state index is 12.8. The van der Waals surface area contributed by atoms with E-state index < -0.39 is 0 Å². The van der Waals surface area contributed by atoms with Crippen molar-refractivity contribution in [3.63, 3.8) is 0 Å². The lowest BCUT2D eigenvalue weighted by molar-refractivity contribution is -0.143. The third-order valence-corrected chi connectivity index (χ3v) is 5.49. The zero-order valence-corrected chi connectivity index (χ0v) is 14.5. The summed E-state index contributed by atoms with van der Waals surface area (Å²) in [5, 5.41) is 4.37. The molecule has 0 radical (unpaired) electrons. The van der Waals surface area contributed by atoms with E-state index in [1.807, 2.05) is 27.7 Å². The Bertz CT molecular complexity index is 794. The molecule has 2 aromatic heterocycles. The number of carbonyl (C=O) groups excluding carboxylic acids is 2. The highest BCUT2D eigenvalue weighted by Crippen LogP contribution is 2.29. The van der Waals surface area contributed by atoms with Crippen LogP contribution in [0.2, 0.25) is 0 Å². The fourth-order valence-electron chi connectivity index (χ4n) is 4.17. The Labute approximate surface area is 146 Å². The molecule has 2 aromatic rings. The summed E-state index contributed by atoms with van der Waals surface area (Å²) < 4.78 is 1.90. The lowest BCUT2D eigenvalue weighted by Gasteiger charge is -2.35. The summed E-state index contributed by atoms with van der Waals surface area (Å²) in [5.74, 6) is 0.496. The normalized spacial score (nSPS) is 21.9. The van der Waals surface area contributed by atoms with Crippen molar-refractivity contribution in [2.75, 3.05) is 19.6 Å². The Kier molecular flexibility index (Phi) is 4.15. The number of hydrogen-bond acceptors (Lipinski definition) is 4. The van der Waals surface area contributed by atoms with Crippen LogP contribution in [0.1, 0.15) is 44.2 Å². The molecule has 7 nitrogen and oxygen atoms in total. The molecule has 2 saturated heterocycles. The van der Waals surface area contributed by atoms with E-state index in [1.165, 1.54) is 0 Å². The molecule has 25 heavy (non-hydrogen) atoms. The van der Waals surface area contributed by atoms with Crippen LogP contribution in [-0.2, 0) is 9.59 Å². The van der Waals surface area contributed by atoms with Crippen molar-refractivity contribution >= 4 is 17.5 Å². The molecule has 7 heteroatoms. The van der Waals surface area contributed by atoms with Crippen molar-refractivity contribution in [1.29, 1.82) is 0 Å². The number of amides is 2. The van der Waals surface area contributed by atoms with Crippen molar-refractivity contribution in [3.05, 3.63) is 30.2 Å². The van der Waals surface area contributed by atoms with Crippen LogP contribution in [0.15, 0.2) is 24.5 Å². The molecule has 0 unspecified atom stereocenters. The fourth-order valence-corrected chi connectivity index (χ4v) is 4.17. The van der Waals surface area contributed by atoms with E-state index in [1.54, 1.807) is 18.0 Å². The van der Waals surface area contributed by atoms with Gasteiger partial charge in [0.1, 0.15) is 6.04 Å². The van der Waals surface area contributed by atoms with E-state index in [-0.39, 0.29) is 17.9 Å². The molecule has 1 atom stereocenters. The van der Waals surface area contributed by atoms with Crippen molar-refractivity contribution in [1.82, 2.24) is 24.4 Å². The van der Waals surface area contributed by atoms with E-state index in [9.17, 15) is 9.59 Å². The van der Waals surface area contributed by atoms with Gasteiger partial charge in [-0.2, -0.15) is 5.10 Å². The zero-order chi connectivity index (χ0) is 17.4. The molecule has 132 valence electrons. The van der Waals surface area contributed by atoms with Gasteiger partial charge in [-0.25, -0.2) is 9.50 Å². The smallest absolute Gasteiger partial charge is 0.245 e. The molecule has 2 amide bonds. The third kappa shape index (κ3) is 2.88. The van der Waals surface area contributed by atoms with Gasteiger partial charge in [0.25, 0.3) is 0 Å². The average Bonchev–Trinajstić information content (AvgIpc) is 3.30. The second-order valence-electron chi connectivity index (χ2n) is 6.94. The van der Waals surface area contributed by atoms with Crippen LogP contribution in [0.25, 0.3) is 5.65 Å². The Morgan fingerprint density at radius 3 is 2.64 bits per heavy atom. The molecule has 0 aromatic carbocycles. The molecule has 2 aliphatic heterocycles.